The molecule has 84 valence electrons. The minimum absolute atomic E-state index is 0. The smallest absolute Gasteiger partial charge is 0.822 e. The Labute approximate surface area is 115 Å². The molecule has 0 heterocycles. The third-order valence-corrected chi connectivity index (χ3v) is 0.673. The summed E-state index contributed by atoms with van der Waals surface area (Å²) in [6, 6.07) is 0. The van der Waals surface area contributed by atoms with E-state index in [1.54, 1.807) is 6.92 Å². The second kappa shape index (κ2) is 11.0. The zero-order valence-corrected chi connectivity index (χ0v) is 12.6. The van der Waals surface area contributed by atoms with Crippen LogP contribution in [0.2, 0.25) is 0 Å². The molecular weight excluding hydrogens is 354 g/mol. The average Bonchev–Trinajstić information content (AvgIpc) is 1.96. The van der Waals surface area contributed by atoms with Crippen LogP contribution in [-0.4, -0.2) is 24.3 Å². The first-order chi connectivity index (χ1) is 6.18. The van der Waals surface area contributed by atoms with Crippen molar-refractivity contribution in [2.24, 2.45) is 0 Å². The average molecular weight is 364 g/mol. The molecule has 0 aliphatic carbocycles. The van der Waals surface area contributed by atoms with Crippen LogP contribution in [-0.2, 0) is 14.1 Å². The number of ether oxygens (including phenoxy) is 1. The first kappa shape index (κ1) is 20.8. The zero-order chi connectivity index (χ0) is 11.8. The van der Waals surface area contributed by atoms with E-state index in [0.29, 0.717) is 5.57 Å². The summed E-state index contributed by atoms with van der Waals surface area (Å²) in [6.07, 6.45) is 0. The molecule has 0 unspecified atom stereocenters. The molecule has 0 radical (unpaired) electrons. The van der Waals surface area contributed by atoms with Gasteiger partial charge in [-0.1, -0.05) is 6.58 Å². The van der Waals surface area contributed by atoms with Crippen LogP contribution < -0.4 is 14.7 Å². The van der Waals surface area contributed by atoms with E-state index in [1.165, 1.54) is 0 Å². The first-order valence-electron chi connectivity index (χ1n) is 3.35. The monoisotopic (exact) mass is 364 g/mol. The summed E-state index contributed by atoms with van der Waals surface area (Å²) in [5.41, 5.74) is 0.350. The maximum absolute atomic E-state index is 10.5. The quantitative estimate of drug-likeness (QED) is 0.327. The van der Waals surface area contributed by atoms with Crippen molar-refractivity contribution in [3.05, 3.63) is 12.2 Å². The van der Waals surface area contributed by atoms with Gasteiger partial charge in [-0.05, 0) is 6.92 Å². The SMILES string of the molecule is C=C(C)C(=O)OCCO.O=P([O-])([O-])[O-].[La+3]. The third-order valence-electron chi connectivity index (χ3n) is 0.673. The van der Waals surface area contributed by atoms with E-state index in [4.69, 9.17) is 24.4 Å². The van der Waals surface area contributed by atoms with Crippen molar-refractivity contribution in [2.45, 2.75) is 6.92 Å². The summed E-state index contributed by atoms with van der Waals surface area (Å²) in [4.78, 5) is 36.1. The minimum Gasteiger partial charge on any atom is -0.822 e. The van der Waals surface area contributed by atoms with E-state index < -0.39 is 13.8 Å². The van der Waals surface area contributed by atoms with Gasteiger partial charge in [-0.3, -0.25) is 0 Å². The van der Waals surface area contributed by atoms with Crippen LogP contribution in [0.1, 0.15) is 6.92 Å². The number of carbonyl (C=O) groups is 1. The predicted octanol–water partition coefficient (Wildman–Crippen LogP) is -2.73. The van der Waals surface area contributed by atoms with E-state index in [0.717, 1.165) is 0 Å². The summed E-state index contributed by atoms with van der Waals surface area (Å²) >= 11 is 0. The van der Waals surface area contributed by atoms with E-state index in [1.807, 2.05) is 0 Å². The molecule has 0 atom stereocenters. The fraction of sp³-hybridized carbons (Fsp3) is 0.500. The van der Waals surface area contributed by atoms with Gasteiger partial charge in [0.2, 0.25) is 0 Å². The molecule has 0 aromatic rings. The molecule has 0 amide bonds. The van der Waals surface area contributed by atoms with Gasteiger partial charge in [-0.2, -0.15) is 7.82 Å². The van der Waals surface area contributed by atoms with E-state index in [-0.39, 0.29) is 48.8 Å². The Morgan fingerprint density at radius 3 is 2.00 bits per heavy atom. The Balaban J connectivity index is -0.000000208. The summed E-state index contributed by atoms with van der Waals surface area (Å²) in [6.45, 7) is 4.81. The Hall–Kier alpha value is 0.475. The summed E-state index contributed by atoms with van der Waals surface area (Å²) in [5, 5.41) is 8.19. The van der Waals surface area contributed by atoms with E-state index in [2.05, 4.69) is 11.3 Å². The number of carbonyl (C=O) groups excluding carboxylic acids is 1. The fourth-order valence-electron chi connectivity index (χ4n) is 0.262. The van der Waals surface area contributed by atoms with Crippen molar-refractivity contribution in [3.8, 4) is 0 Å². The first-order valence-corrected chi connectivity index (χ1v) is 4.81. The maximum Gasteiger partial charge on any atom is 3.00 e. The standard InChI is InChI=1S/C6H10O3.La.H3O4P/c1-5(2)6(8)9-4-3-7;;1-5(2,3)4/h7H,1,3-4H2,2H3;;(H3,1,2,3,4)/q;+3;/p-3. The van der Waals surface area contributed by atoms with Gasteiger partial charge < -0.3 is 29.1 Å². The maximum atomic E-state index is 10.5. The molecule has 0 aromatic heterocycles. The van der Waals surface area contributed by atoms with Gasteiger partial charge in [0.05, 0.1) is 6.61 Å². The van der Waals surface area contributed by atoms with Crippen LogP contribution in [0.3, 0.4) is 0 Å². The Kier molecular flexibility index (Phi) is 15.2. The van der Waals surface area contributed by atoms with Crippen molar-refractivity contribution >= 4 is 13.8 Å². The minimum atomic E-state index is -5.39. The normalized spacial score (nSPS) is 9.13. The Morgan fingerprint density at radius 2 is 1.80 bits per heavy atom. The van der Waals surface area contributed by atoms with Crippen LogP contribution in [0.5, 0.6) is 0 Å². The van der Waals surface area contributed by atoms with Gasteiger partial charge in [0, 0.05) is 5.57 Å². The molecular formula is C6H10LaO7P. The van der Waals surface area contributed by atoms with Crippen LogP contribution in [0.25, 0.3) is 0 Å². The van der Waals surface area contributed by atoms with Crippen molar-refractivity contribution in [2.75, 3.05) is 13.2 Å². The topological polar surface area (TPSA) is 133 Å². The molecule has 1 N–H and O–H groups in total. The summed E-state index contributed by atoms with van der Waals surface area (Å²) in [7, 11) is -5.39. The number of esters is 1. The molecule has 15 heavy (non-hydrogen) atoms. The van der Waals surface area contributed by atoms with Crippen molar-refractivity contribution in [3.63, 3.8) is 0 Å². The van der Waals surface area contributed by atoms with Crippen LogP contribution in [0.4, 0.5) is 0 Å². The van der Waals surface area contributed by atoms with Gasteiger partial charge in [0.15, 0.2) is 0 Å². The number of hydrogen-bond donors (Lipinski definition) is 1. The van der Waals surface area contributed by atoms with Gasteiger partial charge in [0.1, 0.15) is 6.61 Å². The van der Waals surface area contributed by atoms with Crippen molar-refractivity contribution in [1.29, 1.82) is 0 Å². The fourth-order valence-corrected chi connectivity index (χ4v) is 0.262. The molecule has 0 aliphatic heterocycles. The molecule has 7 nitrogen and oxygen atoms in total. The molecule has 9 heteroatoms. The predicted molar refractivity (Wildman–Crippen MR) is 40.5 cm³/mol. The van der Waals surface area contributed by atoms with Gasteiger partial charge in [0.25, 0.3) is 0 Å². The van der Waals surface area contributed by atoms with E-state index >= 15 is 0 Å². The molecule has 0 rings (SSSR count). The molecule has 0 fully saturated rings. The zero-order valence-electron chi connectivity index (χ0n) is 8.04. The number of phosphoric acid groups is 1. The van der Waals surface area contributed by atoms with Gasteiger partial charge >= 0.3 is 41.6 Å². The number of aliphatic hydroxyl groups is 1. The Bertz CT molecular complexity index is 227. The Morgan fingerprint density at radius 1 is 1.47 bits per heavy atom. The molecule has 0 aliphatic rings. The van der Waals surface area contributed by atoms with Gasteiger partial charge in [-0.25, -0.2) is 4.79 Å². The molecule has 0 saturated heterocycles. The summed E-state index contributed by atoms with van der Waals surface area (Å²) < 4.78 is 13.0. The van der Waals surface area contributed by atoms with Gasteiger partial charge in [-0.15, -0.1) is 0 Å². The van der Waals surface area contributed by atoms with Crippen molar-refractivity contribution in [1.82, 2.24) is 0 Å². The number of rotatable bonds is 3. The van der Waals surface area contributed by atoms with E-state index in [9.17, 15) is 4.79 Å². The van der Waals surface area contributed by atoms with Crippen molar-refractivity contribution < 1.29 is 69.5 Å². The number of hydrogen-bond acceptors (Lipinski definition) is 7. The molecule has 0 bridgehead atoms. The largest absolute Gasteiger partial charge is 3.00 e. The molecule has 0 aromatic carbocycles. The van der Waals surface area contributed by atoms with Crippen LogP contribution in [0.15, 0.2) is 12.2 Å². The second-order valence-electron chi connectivity index (χ2n) is 2.09. The molecule has 0 saturated carbocycles. The number of aliphatic hydroxyl groups excluding tert-OH is 1. The summed E-state index contributed by atoms with van der Waals surface area (Å²) in [5.74, 6) is -0.455. The molecule has 0 spiro atoms. The van der Waals surface area contributed by atoms with Crippen LogP contribution in [0, 0.1) is 35.6 Å². The second-order valence-corrected chi connectivity index (χ2v) is 2.98. The third kappa shape index (κ3) is 31.4. The van der Waals surface area contributed by atoms with Crippen LogP contribution >= 0.6 is 7.82 Å².